The second-order valence-electron chi connectivity index (χ2n) is 6.54. The molecule has 4 rings (SSSR count). The summed E-state index contributed by atoms with van der Waals surface area (Å²) in [4.78, 5) is 10.2. The maximum absolute atomic E-state index is 10.7. The Morgan fingerprint density at radius 2 is 2.17 bits per heavy atom. The Labute approximate surface area is 180 Å². The van der Waals surface area contributed by atoms with Gasteiger partial charge in [0, 0.05) is 40.6 Å². The summed E-state index contributed by atoms with van der Waals surface area (Å²) in [6.07, 6.45) is 6.28. The van der Waals surface area contributed by atoms with Gasteiger partial charge in [0.25, 0.3) is 0 Å². The molecular formula is C20H20BrN5O2S. The Bertz CT molecular complexity index is 1160. The highest BCUT2D eigenvalue weighted by molar-refractivity contribution is 9.09. The zero-order chi connectivity index (χ0) is 20.4. The molecule has 0 atom stereocenters. The third-order valence-corrected chi connectivity index (χ3v) is 5.94. The number of ether oxygens (including phenoxy) is 1. The van der Waals surface area contributed by atoms with E-state index in [1.54, 1.807) is 34.5 Å². The molecule has 0 bridgehead atoms. The molecule has 0 fully saturated rings. The van der Waals surface area contributed by atoms with Crippen LogP contribution in [0.15, 0.2) is 36.8 Å². The molecule has 150 valence electrons. The van der Waals surface area contributed by atoms with Crippen LogP contribution in [0, 0.1) is 6.92 Å². The smallest absolute Gasteiger partial charge is 0.227 e. The lowest BCUT2D eigenvalue weighted by Gasteiger charge is -2.09. The first-order chi connectivity index (χ1) is 14.0. The van der Waals surface area contributed by atoms with Crippen LogP contribution in [0.3, 0.4) is 0 Å². The first-order valence-electron chi connectivity index (χ1n) is 9.09. The lowest BCUT2D eigenvalue weighted by molar-refractivity contribution is 0.317. The molecule has 7 nitrogen and oxygen atoms in total. The molecule has 0 spiro atoms. The maximum Gasteiger partial charge on any atom is 0.227 e. The number of anilines is 2. The van der Waals surface area contributed by atoms with Gasteiger partial charge in [-0.05, 0) is 25.5 Å². The zero-order valence-electron chi connectivity index (χ0n) is 16.0. The van der Waals surface area contributed by atoms with Crippen molar-refractivity contribution in [2.75, 3.05) is 17.3 Å². The second-order valence-corrected chi connectivity index (χ2v) is 8.59. The Kier molecular flexibility index (Phi) is 5.68. The van der Waals surface area contributed by atoms with Gasteiger partial charge in [-0.3, -0.25) is 4.68 Å². The van der Waals surface area contributed by atoms with Gasteiger partial charge < -0.3 is 15.2 Å². The molecule has 0 saturated carbocycles. The number of phenolic OH excluding ortho intramolecular Hbond substituents is 1. The van der Waals surface area contributed by atoms with E-state index in [4.69, 9.17) is 9.72 Å². The number of hydrogen-bond acceptors (Lipinski definition) is 7. The minimum absolute atomic E-state index is 0.171. The molecule has 0 aliphatic carbocycles. The van der Waals surface area contributed by atoms with Crippen molar-refractivity contribution in [2.45, 2.75) is 13.3 Å². The molecule has 1 aromatic carbocycles. The summed E-state index contributed by atoms with van der Waals surface area (Å²) in [7, 11) is 1.85. The van der Waals surface area contributed by atoms with Crippen molar-refractivity contribution < 1.29 is 9.84 Å². The first-order valence-corrected chi connectivity index (χ1v) is 11.0. The van der Waals surface area contributed by atoms with E-state index in [1.807, 2.05) is 32.3 Å². The second kappa shape index (κ2) is 8.38. The summed E-state index contributed by atoms with van der Waals surface area (Å²) >= 11 is 4.99. The monoisotopic (exact) mass is 473 g/mol. The van der Waals surface area contributed by atoms with Gasteiger partial charge in [-0.15, -0.1) is 11.3 Å². The fourth-order valence-electron chi connectivity index (χ4n) is 3.06. The van der Waals surface area contributed by atoms with Crippen LogP contribution < -0.4 is 10.1 Å². The zero-order valence-corrected chi connectivity index (χ0v) is 18.4. The summed E-state index contributed by atoms with van der Waals surface area (Å²) in [6.45, 7) is 2.62. The maximum atomic E-state index is 10.7. The van der Waals surface area contributed by atoms with Crippen LogP contribution in [-0.4, -0.2) is 36.8 Å². The van der Waals surface area contributed by atoms with Crippen LogP contribution >= 0.6 is 27.3 Å². The van der Waals surface area contributed by atoms with E-state index in [0.717, 1.165) is 43.7 Å². The minimum atomic E-state index is 0.171. The third-order valence-electron chi connectivity index (χ3n) is 4.35. The van der Waals surface area contributed by atoms with Gasteiger partial charge in [0.1, 0.15) is 11.5 Å². The van der Waals surface area contributed by atoms with Gasteiger partial charge in [0.2, 0.25) is 5.95 Å². The average Bonchev–Trinajstić information content (AvgIpc) is 3.24. The Balaban J connectivity index is 1.69. The summed E-state index contributed by atoms with van der Waals surface area (Å²) in [6, 6.07) is 5.41. The number of rotatable bonds is 7. The van der Waals surface area contributed by atoms with E-state index < -0.39 is 0 Å². The number of fused-ring (bicyclic) bond motifs is 1. The average molecular weight is 474 g/mol. The van der Waals surface area contributed by atoms with E-state index >= 15 is 0 Å². The van der Waals surface area contributed by atoms with Gasteiger partial charge in [0.15, 0.2) is 0 Å². The van der Waals surface area contributed by atoms with Gasteiger partial charge in [-0.2, -0.15) is 5.10 Å². The van der Waals surface area contributed by atoms with E-state index in [-0.39, 0.29) is 5.75 Å². The summed E-state index contributed by atoms with van der Waals surface area (Å²) in [5, 5.41) is 18.9. The van der Waals surface area contributed by atoms with Crippen LogP contribution in [0.25, 0.3) is 21.3 Å². The molecule has 0 amide bonds. The molecule has 3 heterocycles. The highest BCUT2D eigenvalue weighted by Crippen LogP contribution is 2.42. The molecule has 0 unspecified atom stereocenters. The third kappa shape index (κ3) is 4.20. The number of nitrogens with zero attached hydrogens (tertiary/aromatic N) is 4. The van der Waals surface area contributed by atoms with Crippen molar-refractivity contribution >= 4 is 49.1 Å². The standard InChI is InChI=1S/C20H20BrN5O2S/c1-12-18(15-5-4-14(8-16(15)27)28-7-3-6-21)19-17(29-12)10-22-20(25-19)24-13-9-23-26(2)11-13/h4-5,8-11,27H,3,6-7H2,1-2H3,(H,22,24,25). The van der Waals surface area contributed by atoms with Crippen molar-refractivity contribution in [3.05, 3.63) is 41.7 Å². The number of phenols is 1. The quantitative estimate of drug-likeness (QED) is 0.289. The number of aromatic hydroxyl groups is 1. The Hall–Kier alpha value is -2.65. The van der Waals surface area contributed by atoms with Gasteiger partial charge in [-0.1, -0.05) is 15.9 Å². The van der Waals surface area contributed by atoms with Crippen molar-refractivity contribution in [2.24, 2.45) is 7.05 Å². The van der Waals surface area contributed by atoms with Gasteiger partial charge in [0.05, 0.1) is 34.9 Å². The van der Waals surface area contributed by atoms with Crippen molar-refractivity contribution in [3.8, 4) is 22.6 Å². The largest absolute Gasteiger partial charge is 0.507 e. The summed E-state index contributed by atoms with van der Waals surface area (Å²) in [5.74, 6) is 1.31. The molecule has 2 N–H and O–H groups in total. The first kappa shape index (κ1) is 19.7. The molecule has 29 heavy (non-hydrogen) atoms. The van der Waals surface area contributed by atoms with E-state index in [9.17, 15) is 5.11 Å². The van der Waals surface area contributed by atoms with Crippen LogP contribution in [0.5, 0.6) is 11.5 Å². The van der Waals surface area contributed by atoms with E-state index in [0.29, 0.717) is 18.3 Å². The molecule has 9 heteroatoms. The van der Waals surface area contributed by atoms with Crippen molar-refractivity contribution in [1.29, 1.82) is 0 Å². The fraction of sp³-hybridized carbons (Fsp3) is 0.250. The highest BCUT2D eigenvalue weighted by Gasteiger charge is 2.17. The fourth-order valence-corrected chi connectivity index (χ4v) is 4.27. The lowest BCUT2D eigenvalue weighted by Crippen LogP contribution is -1.98. The number of halogens is 1. The minimum Gasteiger partial charge on any atom is -0.507 e. The summed E-state index contributed by atoms with van der Waals surface area (Å²) in [5.41, 5.74) is 3.25. The predicted octanol–water partition coefficient (Wildman–Crippen LogP) is 5.01. The molecule has 3 aromatic heterocycles. The Morgan fingerprint density at radius 1 is 1.31 bits per heavy atom. The normalized spacial score (nSPS) is 11.1. The van der Waals surface area contributed by atoms with Crippen LogP contribution in [-0.2, 0) is 7.05 Å². The SMILES string of the molecule is Cc1sc2cnc(Nc3cnn(C)c3)nc2c1-c1ccc(OCCCBr)cc1O. The number of aromatic nitrogens is 4. The molecular weight excluding hydrogens is 454 g/mol. The number of benzene rings is 1. The van der Waals surface area contributed by atoms with Gasteiger partial charge in [-0.25, -0.2) is 9.97 Å². The van der Waals surface area contributed by atoms with Crippen LogP contribution in [0.4, 0.5) is 11.6 Å². The van der Waals surface area contributed by atoms with E-state index in [1.165, 1.54) is 0 Å². The van der Waals surface area contributed by atoms with Crippen LogP contribution in [0.2, 0.25) is 0 Å². The molecule has 4 aromatic rings. The number of hydrogen-bond donors (Lipinski definition) is 2. The predicted molar refractivity (Wildman–Crippen MR) is 120 cm³/mol. The van der Waals surface area contributed by atoms with Gasteiger partial charge >= 0.3 is 0 Å². The van der Waals surface area contributed by atoms with Crippen molar-refractivity contribution in [3.63, 3.8) is 0 Å². The van der Waals surface area contributed by atoms with Crippen LogP contribution in [0.1, 0.15) is 11.3 Å². The van der Waals surface area contributed by atoms with Crippen molar-refractivity contribution in [1.82, 2.24) is 19.7 Å². The number of thiophene rings is 1. The molecule has 0 aliphatic heterocycles. The molecule has 0 saturated heterocycles. The number of nitrogens with one attached hydrogen (secondary N) is 1. The molecule has 0 radical (unpaired) electrons. The lowest BCUT2D eigenvalue weighted by atomic mass is 10.0. The number of alkyl halides is 1. The number of aryl methyl sites for hydroxylation is 2. The molecule has 0 aliphatic rings. The summed E-state index contributed by atoms with van der Waals surface area (Å²) < 4.78 is 8.35. The Morgan fingerprint density at radius 3 is 2.90 bits per heavy atom. The highest BCUT2D eigenvalue weighted by atomic mass is 79.9. The van der Waals surface area contributed by atoms with E-state index in [2.05, 4.69) is 31.3 Å². The topological polar surface area (TPSA) is 85.1 Å².